The van der Waals surface area contributed by atoms with Crippen LogP contribution in [0.2, 0.25) is 0 Å². The summed E-state index contributed by atoms with van der Waals surface area (Å²) in [5, 5.41) is 23.9. The van der Waals surface area contributed by atoms with Crippen molar-refractivity contribution in [2.24, 2.45) is 11.3 Å². The summed E-state index contributed by atoms with van der Waals surface area (Å²) in [5.41, 5.74) is 0.172. The molecule has 4 rings (SSSR count). The molecule has 0 bridgehead atoms. The Morgan fingerprint density at radius 1 is 1.40 bits per heavy atom. The molecular weight excluding hydrogens is 353 g/mol. The van der Waals surface area contributed by atoms with Gasteiger partial charge < -0.3 is 29.9 Å². The van der Waals surface area contributed by atoms with Crippen molar-refractivity contribution in [1.82, 2.24) is 19.5 Å². The van der Waals surface area contributed by atoms with Crippen LogP contribution in [-0.2, 0) is 9.09 Å². The van der Waals surface area contributed by atoms with Gasteiger partial charge in [-0.2, -0.15) is 0 Å². The molecule has 2 aliphatic rings. The molecule has 2 heterocycles. The molecule has 0 unspecified atom stereocenters. The lowest BCUT2D eigenvalue weighted by Crippen LogP contribution is -2.35. The summed E-state index contributed by atoms with van der Waals surface area (Å²) in [7, 11) is -2.94. The Hall–Kier alpha value is -1.62. The van der Waals surface area contributed by atoms with Crippen LogP contribution in [0.25, 0.3) is 11.2 Å². The molecule has 0 aliphatic heterocycles. The van der Waals surface area contributed by atoms with E-state index in [1.165, 1.54) is 12.7 Å². The second-order valence-electron chi connectivity index (χ2n) is 6.53. The lowest BCUT2D eigenvalue weighted by Gasteiger charge is -2.24. The van der Waals surface area contributed by atoms with Gasteiger partial charge in [0.25, 0.3) is 0 Å². The Balaban J connectivity index is 1.68. The van der Waals surface area contributed by atoms with Crippen molar-refractivity contribution in [3.05, 3.63) is 12.7 Å². The molecule has 0 amide bonds. The molecule has 0 spiro atoms. The van der Waals surface area contributed by atoms with E-state index in [1.54, 1.807) is 11.6 Å². The lowest BCUT2D eigenvalue weighted by molar-refractivity contribution is -0.0297. The molecule has 2 saturated carbocycles. The zero-order valence-electron chi connectivity index (χ0n) is 13.2. The molecule has 5 atom stereocenters. The number of phosphoric acid groups is 1. The number of aliphatic hydroxyl groups excluding tert-OH is 2. The largest absolute Gasteiger partial charge is 0.469 e. The van der Waals surface area contributed by atoms with E-state index in [9.17, 15) is 14.8 Å². The van der Waals surface area contributed by atoms with E-state index in [1.807, 2.05) is 0 Å². The predicted molar refractivity (Wildman–Crippen MR) is 84.5 cm³/mol. The van der Waals surface area contributed by atoms with Gasteiger partial charge in [-0.1, -0.05) is 0 Å². The molecule has 0 aromatic carbocycles. The van der Waals surface area contributed by atoms with Gasteiger partial charge in [-0.3, -0.25) is 4.52 Å². The second kappa shape index (κ2) is 5.44. The summed E-state index contributed by atoms with van der Waals surface area (Å²) in [6, 6.07) is -0.514. The Morgan fingerprint density at radius 3 is 2.84 bits per heavy atom. The molecule has 5 N–H and O–H groups in total. The van der Waals surface area contributed by atoms with Gasteiger partial charge in [-0.05, 0) is 12.3 Å². The van der Waals surface area contributed by atoms with Gasteiger partial charge in [-0.15, -0.1) is 0 Å². The molecular formula is C13H18N5O6P. The van der Waals surface area contributed by atoms with Crippen molar-refractivity contribution in [2.75, 3.05) is 19.0 Å². The summed E-state index contributed by atoms with van der Waals surface area (Å²) in [4.78, 5) is 30.4. The second-order valence-corrected chi connectivity index (χ2v) is 7.77. The van der Waals surface area contributed by atoms with Crippen molar-refractivity contribution in [3.8, 4) is 0 Å². The van der Waals surface area contributed by atoms with Crippen molar-refractivity contribution < 1.29 is 29.1 Å². The summed E-state index contributed by atoms with van der Waals surface area (Å²) < 4.78 is 17.3. The first kappa shape index (κ1) is 16.8. The van der Waals surface area contributed by atoms with Crippen LogP contribution in [0.4, 0.5) is 5.82 Å². The first-order chi connectivity index (χ1) is 11.8. The normalized spacial score (nSPS) is 34.3. The quantitative estimate of drug-likeness (QED) is 0.423. The molecule has 136 valence electrons. The van der Waals surface area contributed by atoms with E-state index < -0.39 is 31.5 Å². The number of hydrogen-bond acceptors (Lipinski definition) is 8. The van der Waals surface area contributed by atoms with Gasteiger partial charge in [-0.25, -0.2) is 19.5 Å². The number of rotatable bonds is 5. The number of imidazole rings is 1. The van der Waals surface area contributed by atoms with Gasteiger partial charge in [0.2, 0.25) is 0 Å². The van der Waals surface area contributed by atoms with E-state index in [0.29, 0.717) is 23.4 Å². The molecule has 2 aromatic heterocycles. The molecule has 0 saturated heterocycles. The van der Waals surface area contributed by atoms with Crippen molar-refractivity contribution in [2.45, 2.75) is 24.7 Å². The first-order valence-electron chi connectivity index (χ1n) is 7.70. The third kappa shape index (κ3) is 2.47. The van der Waals surface area contributed by atoms with Gasteiger partial charge in [0.1, 0.15) is 17.9 Å². The van der Waals surface area contributed by atoms with Crippen LogP contribution < -0.4 is 5.32 Å². The number of anilines is 1. The topological polar surface area (TPSA) is 163 Å². The minimum absolute atomic E-state index is 0.200. The van der Waals surface area contributed by atoms with E-state index >= 15 is 0 Å². The first-order valence-corrected chi connectivity index (χ1v) is 9.23. The van der Waals surface area contributed by atoms with Crippen molar-refractivity contribution >= 4 is 24.8 Å². The summed E-state index contributed by atoms with van der Waals surface area (Å²) in [6.45, 7) is -0.319. The number of phosphoric ester groups is 1. The van der Waals surface area contributed by atoms with E-state index in [2.05, 4.69) is 24.8 Å². The van der Waals surface area contributed by atoms with Crippen LogP contribution in [-0.4, -0.2) is 65.4 Å². The molecule has 11 nitrogen and oxygen atoms in total. The molecule has 0 radical (unpaired) electrons. The number of hydrogen-bond donors (Lipinski definition) is 5. The smallest absolute Gasteiger partial charge is 0.390 e. The summed E-state index contributed by atoms with van der Waals surface area (Å²) in [5.74, 6) is 0.345. The lowest BCUT2D eigenvalue weighted by atomic mass is 10.0. The SMILES string of the molecule is CNc1ncnc2c1ncn2[C@H]1[C@H](O)[C@H](O)[C@]2(COP(=O)(O)O)C[C@H]12. The Morgan fingerprint density at radius 2 is 2.16 bits per heavy atom. The van der Waals surface area contributed by atoms with Crippen LogP contribution in [0.15, 0.2) is 12.7 Å². The minimum Gasteiger partial charge on any atom is -0.390 e. The average Bonchev–Trinajstić information content (AvgIpc) is 3.07. The molecule has 2 aliphatic carbocycles. The fourth-order valence-electron chi connectivity index (χ4n) is 3.98. The van der Waals surface area contributed by atoms with Crippen molar-refractivity contribution in [3.63, 3.8) is 0 Å². The maximum atomic E-state index is 11.0. The maximum absolute atomic E-state index is 11.0. The highest BCUT2D eigenvalue weighted by atomic mass is 31.2. The fourth-order valence-corrected chi connectivity index (χ4v) is 4.39. The van der Waals surface area contributed by atoms with E-state index in [4.69, 9.17) is 9.79 Å². The van der Waals surface area contributed by atoms with Gasteiger partial charge in [0.15, 0.2) is 11.5 Å². The van der Waals surface area contributed by atoms with Gasteiger partial charge in [0.05, 0.1) is 25.1 Å². The highest BCUT2D eigenvalue weighted by Gasteiger charge is 2.72. The highest BCUT2D eigenvalue weighted by Crippen LogP contribution is 2.68. The Bertz CT molecular complexity index is 870. The van der Waals surface area contributed by atoms with Crippen LogP contribution in [0.1, 0.15) is 12.5 Å². The summed E-state index contributed by atoms with van der Waals surface area (Å²) >= 11 is 0. The number of nitrogens with zero attached hydrogens (tertiary/aromatic N) is 4. The molecule has 12 heteroatoms. The molecule has 2 fully saturated rings. The fraction of sp³-hybridized carbons (Fsp3) is 0.615. The Kier molecular flexibility index (Phi) is 3.66. The van der Waals surface area contributed by atoms with E-state index in [0.717, 1.165) is 0 Å². The zero-order chi connectivity index (χ0) is 18.0. The number of aliphatic hydroxyl groups is 2. The van der Waals surface area contributed by atoms with Crippen LogP contribution >= 0.6 is 7.82 Å². The maximum Gasteiger partial charge on any atom is 0.469 e. The average molecular weight is 371 g/mol. The predicted octanol–water partition coefficient (Wildman–Crippen LogP) is -0.740. The van der Waals surface area contributed by atoms with Crippen LogP contribution in [0, 0.1) is 11.3 Å². The standard InChI is InChI=1S/C13H18N5O6P/c1-14-11-7-12(16-4-15-11)18(5-17-7)8-6-2-13(6,10(20)9(8)19)3-24-25(21,22)23/h4-6,8-10,19-20H,2-3H2,1H3,(H,14,15,16)(H2,21,22,23)/t6-,8-,9+,10+,13+/m1/s1. The zero-order valence-corrected chi connectivity index (χ0v) is 14.1. The minimum atomic E-state index is -4.65. The van der Waals surface area contributed by atoms with Crippen LogP contribution in [0.3, 0.4) is 0 Å². The van der Waals surface area contributed by atoms with Gasteiger partial charge >= 0.3 is 7.82 Å². The van der Waals surface area contributed by atoms with Gasteiger partial charge in [0, 0.05) is 12.5 Å². The van der Waals surface area contributed by atoms with E-state index in [-0.39, 0.29) is 12.5 Å². The number of fused-ring (bicyclic) bond motifs is 2. The number of aromatic nitrogens is 4. The molecule has 2 aromatic rings. The molecule has 25 heavy (non-hydrogen) atoms. The monoisotopic (exact) mass is 371 g/mol. The van der Waals surface area contributed by atoms with Crippen LogP contribution in [0.5, 0.6) is 0 Å². The van der Waals surface area contributed by atoms with Crippen molar-refractivity contribution in [1.29, 1.82) is 0 Å². The third-order valence-electron chi connectivity index (χ3n) is 5.27. The third-order valence-corrected chi connectivity index (χ3v) is 5.74. The Labute approximate surface area is 141 Å². The highest BCUT2D eigenvalue weighted by molar-refractivity contribution is 7.46. The summed E-state index contributed by atoms with van der Waals surface area (Å²) in [6.07, 6.45) is 1.11. The number of nitrogens with one attached hydrogen (secondary N) is 1.